The first-order chi connectivity index (χ1) is 17.4. The number of nitrogen functional groups attached to an aromatic ring is 1. The summed E-state index contributed by atoms with van der Waals surface area (Å²) < 4.78 is 19.4. The summed E-state index contributed by atoms with van der Waals surface area (Å²) in [6.45, 7) is 9.44. The number of carbonyl (C=O) groups is 1. The molecule has 2 aliphatic heterocycles. The molecule has 2 aromatic carbocycles. The zero-order valence-electron chi connectivity index (χ0n) is 21.5. The number of anilines is 1. The molecule has 2 aliphatic rings. The standard InChI is InChI=1S/C28H39N3O4S/c1-19(2)16-31(36-23-11-9-22(29)10-12-23)17-20(3)25(15-21-7-5-4-6-8-21)30-28(32)35-26-18-34-27-24(26)13-14-33-27/h4-12,19-20,24-27H,13-18,29H2,1-3H3,(H,30,32)/t20-,24+,25+,26+,27-/m1/s1. The van der Waals surface area contributed by atoms with Crippen LogP contribution in [0.15, 0.2) is 59.5 Å². The third kappa shape index (κ3) is 7.62. The molecule has 2 saturated heterocycles. The van der Waals surface area contributed by atoms with Gasteiger partial charge in [-0.25, -0.2) is 9.10 Å². The molecule has 0 bridgehead atoms. The van der Waals surface area contributed by atoms with Crippen LogP contribution in [0, 0.1) is 17.8 Å². The topological polar surface area (TPSA) is 86.1 Å². The van der Waals surface area contributed by atoms with Gasteiger partial charge < -0.3 is 25.3 Å². The van der Waals surface area contributed by atoms with E-state index in [0.29, 0.717) is 19.1 Å². The summed E-state index contributed by atoms with van der Waals surface area (Å²) in [4.78, 5) is 14.2. The van der Waals surface area contributed by atoms with Gasteiger partial charge in [0.05, 0.1) is 19.1 Å². The minimum absolute atomic E-state index is 0.0838. The molecule has 0 aliphatic carbocycles. The summed E-state index contributed by atoms with van der Waals surface area (Å²) >= 11 is 1.74. The quantitative estimate of drug-likeness (QED) is 0.324. The molecule has 7 nitrogen and oxygen atoms in total. The van der Waals surface area contributed by atoms with E-state index in [1.54, 1.807) is 11.9 Å². The van der Waals surface area contributed by atoms with E-state index in [1.165, 1.54) is 5.56 Å². The molecular formula is C28H39N3O4S. The van der Waals surface area contributed by atoms with Gasteiger partial charge in [-0.3, -0.25) is 0 Å². The fourth-order valence-corrected chi connectivity index (χ4v) is 6.05. The number of hydrogen-bond donors (Lipinski definition) is 2. The van der Waals surface area contributed by atoms with Gasteiger partial charge in [0.25, 0.3) is 0 Å². The zero-order valence-corrected chi connectivity index (χ0v) is 22.3. The Bertz CT molecular complexity index is 959. The highest BCUT2D eigenvalue weighted by Crippen LogP contribution is 2.33. The van der Waals surface area contributed by atoms with E-state index in [2.05, 4.69) is 54.7 Å². The van der Waals surface area contributed by atoms with Crippen LogP contribution >= 0.6 is 11.9 Å². The summed E-state index contributed by atoms with van der Waals surface area (Å²) in [5.41, 5.74) is 7.82. The lowest BCUT2D eigenvalue weighted by Crippen LogP contribution is -2.46. The van der Waals surface area contributed by atoms with Gasteiger partial charge in [-0.05, 0) is 66.5 Å². The first-order valence-corrected chi connectivity index (χ1v) is 13.7. The van der Waals surface area contributed by atoms with Crippen molar-refractivity contribution in [2.45, 2.75) is 56.9 Å². The maximum atomic E-state index is 13.0. The van der Waals surface area contributed by atoms with Crippen LogP contribution < -0.4 is 11.1 Å². The Morgan fingerprint density at radius 2 is 1.86 bits per heavy atom. The van der Waals surface area contributed by atoms with Crippen LogP contribution in [0.3, 0.4) is 0 Å². The molecule has 8 heteroatoms. The fourth-order valence-electron chi connectivity index (χ4n) is 4.82. The van der Waals surface area contributed by atoms with E-state index in [4.69, 9.17) is 19.9 Å². The Morgan fingerprint density at radius 3 is 2.58 bits per heavy atom. The molecule has 0 saturated carbocycles. The number of nitrogens with one attached hydrogen (secondary N) is 1. The van der Waals surface area contributed by atoms with Crippen LogP contribution in [0.4, 0.5) is 10.5 Å². The molecule has 4 rings (SSSR count). The molecule has 2 heterocycles. The molecule has 2 fully saturated rings. The van der Waals surface area contributed by atoms with E-state index in [1.807, 2.05) is 30.3 Å². The molecule has 3 N–H and O–H groups in total. The number of nitrogens with zero attached hydrogens (tertiary/aromatic N) is 1. The van der Waals surface area contributed by atoms with Gasteiger partial charge in [-0.15, -0.1) is 0 Å². The summed E-state index contributed by atoms with van der Waals surface area (Å²) in [7, 11) is 0. The summed E-state index contributed by atoms with van der Waals surface area (Å²) in [5, 5.41) is 3.19. The van der Waals surface area contributed by atoms with Crippen molar-refractivity contribution in [3.05, 3.63) is 60.2 Å². The number of rotatable bonds is 11. The fraction of sp³-hybridized carbons (Fsp3) is 0.536. The van der Waals surface area contributed by atoms with Crippen molar-refractivity contribution in [2.75, 3.05) is 32.0 Å². The highest BCUT2D eigenvalue weighted by atomic mass is 32.2. The van der Waals surface area contributed by atoms with Crippen molar-refractivity contribution in [3.8, 4) is 0 Å². The lowest BCUT2D eigenvalue weighted by molar-refractivity contribution is -0.0907. The number of fused-ring (bicyclic) bond motifs is 1. The summed E-state index contributed by atoms with van der Waals surface area (Å²) in [6, 6.07) is 18.2. The summed E-state index contributed by atoms with van der Waals surface area (Å²) in [5.74, 6) is 0.812. The molecule has 196 valence electrons. The number of amides is 1. The van der Waals surface area contributed by atoms with Crippen molar-refractivity contribution >= 4 is 23.7 Å². The SMILES string of the molecule is CC(C)CN(C[C@@H](C)[C@H](Cc1ccccc1)NC(=O)O[C@H]1CO[C@H]2OCC[C@H]21)Sc1ccc(N)cc1. The Balaban J connectivity index is 1.42. The largest absolute Gasteiger partial charge is 0.443 e. The number of ether oxygens (including phenoxy) is 3. The number of hydrogen-bond acceptors (Lipinski definition) is 7. The van der Waals surface area contributed by atoms with E-state index < -0.39 is 0 Å². The van der Waals surface area contributed by atoms with Crippen LogP contribution in [0.1, 0.15) is 32.8 Å². The van der Waals surface area contributed by atoms with Crippen molar-refractivity contribution in [1.82, 2.24) is 9.62 Å². The summed E-state index contributed by atoms with van der Waals surface area (Å²) in [6.07, 6.45) is 0.708. The monoisotopic (exact) mass is 513 g/mol. The van der Waals surface area contributed by atoms with Crippen molar-refractivity contribution in [1.29, 1.82) is 0 Å². The molecule has 0 radical (unpaired) electrons. The van der Waals surface area contributed by atoms with Crippen LogP contribution in [0.2, 0.25) is 0 Å². The van der Waals surface area contributed by atoms with Crippen LogP contribution in [-0.4, -0.2) is 55.1 Å². The Morgan fingerprint density at radius 1 is 1.11 bits per heavy atom. The second-order valence-electron chi connectivity index (χ2n) is 10.3. The molecule has 2 aromatic rings. The maximum Gasteiger partial charge on any atom is 0.407 e. The van der Waals surface area contributed by atoms with E-state index >= 15 is 0 Å². The van der Waals surface area contributed by atoms with Crippen LogP contribution in [0.5, 0.6) is 0 Å². The molecule has 0 aromatic heterocycles. The highest BCUT2D eigenvalue weighted by Gasteiger charge is 2.44. The average molecular weight is 514 g/mol. The van der Waals surface area contributed by atoms with Gasteiger partial charge in [0.2, 0.25) is 0 Å². The third-order valence-corrected chi connectivity index (χ3v) is 7.75. The Labute approximate surface area is 219 Å². The van der Waals surface area contributed by atoms with Gasteiger partial charge in [-0.2, -0.15) is 0 Å². The van der Waals surface area contributed by atoms with Crippen molar-refractivity contribution in [2.24, 2.45) is 17.8 Å². The second-order valence-corrected chi connectivity index (χ2v) is 11.5. The first-order valence-electron chi connectivity index (χ1n) is 12.9. The lowest BCUT2D eigenvalue weighted by Gasteiger charge is -2.31. The zero-order chi connectivity index (χ0) is 25.5. The minimum atomic E-state index is -0.384. The Hall–Kier alpha value is -2.26. The third-order valence-electron chi connectivity index (χ3n) is 6.71. The molecule has 0 unspecified atom stereocenters. The van der Waals surface area contributed by atoms with Gasteiger partial charge in [0.15, 0.2) is 6.29 Å². The lowest BCUT2D eigenvalue weighted by atomic mass is 9.94. The highest BCUT2D eigenvalue weighted by molar-refractivity contribution is 7.97. The van der Waals surface area contributed by atoms with Crippen molar-refractivity contribution < 1.29 is 19.0 Å². The molecule has 0 spiro atoms. The molecule has 36 heavy (non-hydrogen) atoms. The molecule has 1 amide bonds. The number of nitrogens with two attached hydrogens (primary N) is 1. The first kappa shape index (κ1) is 26.8. The molecular weight excluding hydrogens is 474 g/mol. The van der Waals surface area contributed by atoms with E-state index in [9.17, 15) is 4.79 Å². The van der Waals surface area contributed by atoms with Crippen LogP contribution in [-0.2, 0) is 20.6 Å². The number of benzene rings is 2. The van der Waals surface area contributed by atoms with Crippen molar-refractivity contribution in [3.63, 3.8) is 0 Å². The van der Waals surface area contributed by atoms with Gasteiger partial charge in [-0.1, -0.05) is 51.1 Å². The Kier molecular flexibility index (Phi) is 9.53. The van der Waals surface area contributed by atoms with Gasteiger partial charge in [0.1, 0.15) is 6.10 Å². The van der Waals surface area contributed by atoms with Crippen LogP contribution in [0.25, 0.3) is 0 Å². The smallest absolute Gasteiger partial charge is 0.407 e. The van der Waals surface area contributed by atoms with Gasteiger partial charge >= 0.3 is 6.09 Å². The molecule has 5 atom stereocenters. The minimum Gasteiger partial charge on any atom is -0.443 e. The predicted molar refractivity (Wildman–Crippen MR) is 143 cm³/mol. The normalized spacial score (nSPS) is 23.0. The second kappa shape index (κ2) is 12.8. The van der Waals surface area contributed by atoms with E-state index in [0.717, 1.165) is 36.5 Å². The average Bonchev–Trinajstić information content (AvgIpc) is 3.45. The number of alkyl carbamates (subject to hydrolysis) is 1. The maximum absolute atomic E-state index is 13.0. The van der Waals surface area contributed by atoms with E-state index in [-0.39, 0.29) is 36.4 Å². The number of carbonyl (C=O) groups excluding carboxylic acids is 1. The predicted octanol–water partition coefficient (Wildman–Crippen LogP) is 4.97. The van der Waals surface area contributed by atoms with Gasteiger partial charge in [0, 0.05) is 29.7 Å².